The van der Waals surface area contributed by atoms with Gasteiger partial charge in [-0.1, -0.05) is 12.6 Å². The number of ether oxygens (including phenoxy) is 1. The normalized spacial score (nSPS) is 16.9. The smallest absolute Gasteiger partial charge is 0.429 e. The summed E-state index contributed by atoms with van der Waals surface area (Å²) >= 11 is 6.75. The SMILES string of the molecule is FC(F)C(F)(OC(=S)S)C(F)(F)F. The summed E-state index contributed by atoms with van der Waals surface area (Å²) in [6.07, 6.45) is -10.3. The molecule has 0 aliphatic carbocycles. The van der Waals surface area contributed by atoms with Crippen LogP contribution < -0.4 is 0 Å². The molecule has 1 unspecified atom stereocenters. The van der Waals surface area contributed by atoms with Gasteiger partial charge < -0.3 is 4.74 Å². The summed E-state index contributed by atoms with van der Waals surface area (Å²) in [6.45, 7) is 0. The maximum absolute atomic E-state index is 12.4. The van der Waals surface area contributed by atoms with E-state index in [1.165, 1.54) is 0 Å². The van der Waals surface area contributed by atoms with Crippen molar-refractivity contribution in [1.29, 1.82) is 0 Å². The van der Waals surface area contributed by atoms with Gasteiger partial charge in [0.25, 0.3) is 0 Å². The number of alkyl halides is 6. The molecule has 0 fully saturated rings. The minimum absolute atomic E-state index is 1.25. The van der Waals surface area contributed by atoms with Crippen molar-refractivity contribution in [3.05, 3.63) is 0 Å². The van der Waals surface area contributed by atoms with Crippen molar-refractivity contribution in [3.63, 3.8) is 0 Å². The van der Waals surface area contributed by atoms with Gasteiger partial charge in [-0.3, -0.25) is 0 Å². The molecule has 9 heteroatoms. The summed E-state index contributed by atoms with van der Waals surface area (Å²) in [7, 11) is 0. The minimum atomic E-state index is -5.87. The molecule has 0 radical (unpaired) electrons. The minimum Gasteiger partial charge on any atom is -0.429 e. The molecule has 0 saturated carbocycles. The Labute approximate surface area is 79.5 Å². The fraction of sp³-hybridized carbons (Fsp3) is 0.750. The van der Waals surface area contributed by atoms with Crippen LogP contribution in [0.15, 0.2) is 0 Å². The van der Waals surface area contributed by atoms with E-state index in [9.17, 15) is 26.3 Å². The Bertz CT molecular complexity index is 203. The second-order valence-electron chi connectivity index (χ2n) is 1.81. The molecule has 0 amide bonds. The average Bonchev–Trinajstić information content (AvgIpc) is 1.82. The summed E-state index contributed by atoms with van der Waals surface area (Å²) in [5.41, 5.74) is 0. The number of hydrogen-bond acceptors (Lipinski definition) is 2. The summed E-state index contributed by atoms with van der Waals surface area (Å²) in [5, 5.41) is 0. The van der Waals surface area contributed by atoms with Gasteiger partial charge in [-0.25, -0.2) is 8.78 Å². The Morgan fingerprint density at radius 1 is 1.23 bits per heavy atom. The molecule has 13 heavy (non-hydrogen) atoms. The second-order valence-corrected chi connectivity index (χ2v) is 2.89. The number of rotatable bonds is 2. The predicted octanol–water partition coefficient (Wildman–Crippen LogP) is 2.71. The molecule has 0 aromatic rings. The van der Waals surface area contributed by atoms with E-state index in [1.807, 2.05) is 0 Å². The third-order valence-electron chi connectivity index (χ3n) is 0.903. The Balaban J connectivity index is 4.85. The molecule has 0 aromatic carbocycles. The van der Waals surface area contributed by atoms with Crippen LogP contribution in [0.5, 0.6) is 0 Å². The Morgan fingerprint density at radius 2 is 1.62 bits per heavy atom. The maximum atomic E-state index is 12.4. The molecule has 0 rings (SSSR count). The largest absolute Gasteiger partial charge is 0.466 e. The van der Waals surface area contributed by atoms with Gasteiger partial charge in [0.1, 0.15) is 0 Å². The fourth-order valence-electron chi connectivity index (χ4n) is 0.353. The first-order valence-corrected chi connectivity index (χ1v) is 3.42. The van der Waals surface area contributed by atoms with Crippen LogP contribution in [0.1, 0.15) is 0 Å². The lowest BCUT2D eigenvalue weighted by molar-refractivity contribution is -0.343. The van der Waals surface area contributed by atoms with Crippen LogP contribution in [0.2, 0.25) is 0 Å². The number of thiol groups is 1. The van der Waals surface area contributed by atoms with E-state index in [-0.39, 0.29) is 0 Å². The van der Waals surface area contributed by atoms with Crippen LogP contribution in [0.3, 0.4) is 0 Å². The Kier molecular flexibility index (Phi) is 3.85. The first-order chi connectivity index (χ1) is 5.61. The zero-order valence-electron chi connectivity index (χ0n) is 5.61. The molecule has 0 spiro atoms. The molecule has 1 nitrogen and oxygen atoms in total. The van der Waals surface area contributed by atoms with Gasteiger partial charge in [-0.2, -0.15) is 17.6 Å². The topological polar surface area (TPSA) is 9.23 Å². The van der Waals surface area contributed by atoms with Gasteiger partial charge >= 0.3 is 18.5 Å². The van der Waals surface area contributed by atoms with Crippen molar-refractivity contribution in [2.24, 2.45) is 0 Å². The zero-order chi connectivity index (χ0) is 10.9. The molecular weight excluding hydrogens is 242 g/mol. The van der Waals surface area contributed by atoms with Gasteiger partial charge in [0.2, 0.25) is 4.38 Å². The lowest BCUT2D eigenvalue weighted by atomic mass is 10.3. The second kappa shape index (κ2) is 3.91. The quantitative estimate of drug-likeness (QED) is 0.454. The monoisotopic (exact) mass is 244 g/mol. The number of hydrogen-bond donors (Lipinski definition) is 1. The molecule has 0 N–H and O–H groups in total. The first kappa shape index (κ1) is 12.8. The molecular formula is C4H2F6OS2. The lowest BCUT2D eigenvalue weighted by Crippen LogP contribution is -2.50. The Morgan fingerprint density at radius 3 is 1.69 bits per heavy atom. The van der Waals surface area contributed by atoms with Crippen molar-refractivity contribution >= 4 is 29.2 Å². The standard InChI is InChI=1S/C4H2F6OS2/c5-1(6)3(7,4(8,9)10)11-2(12)13/h1H,(H,12,13). The van der Waals surface area contributed by atoms with Gasteiger partial charge in [-0.15, -0.1) is 0 Å². The van der Waals surface area contributed by atoms with E-state index >= 15 is 0 Å². The summed E-state index contributed by atoms with van der Waals surface area (Å²) in [4.78, 5) is 0. The van der Waals surface area contributed by atoms with E-state index < -0.39 is 22.8 Å². The molecule has 0 bridgehead atoms. The molecule has 0 aromatic heterocycles. The molecule has 0 aliphatic heterocycles. The average molecular weight is 244 g/mol. The van der Waals surface area contributed by atoms with E-state index in [0.717, 1.165) is 0 Å². The summed E-state index contributed by atoms with van der Waals surface area (Å²) < 4.78 is 72.5. The van der Waals surface area contributed by atoms with Crippen LogP contribution in [0.25, 0.3) is 0 Å². The highest BCUT2D eigenvalue weighted by atomic mass is 32.1. The number of halogens is 6. The predicted molar refractivity (Wildman–Crippen MR) is 38.6 cm³/mol. The van der Waals surface area contributed by atoms with E-state index in [1.54, 1.807) is 0 Å². The van der Waals surface area contributed by atoms with Crippen LogP contribution in [-0.2, 0) is 4.74 Å². The lowest BCUT2D eigenvalue weighted by Gasteiger charge is -2.26. The van der Waals surface area contributed by atoms with E-state index in [2.05, 4.69) is 29.6 Å². The van der Waals surface area contributed by atoms with Gasteiger partial charge in [-0.05, 0) is 12.2 Å². The molecule has 1 atom stereocenters. The molecule has 0 heterocycles. The van der Waals surface area contributed by atoms with Crippen molar-refractivity contribution in [2.75, 3.05) is 0 Å². The first-order valence-electron chi connectivity index (χ1n) is 2.57. The van der Waals surface area contributed by atoms with Crippen molar-refractivity contribution in [1.82, 2.24) is 0 Å². The molecule has 0 saturated heterocycles. The van der Waals surface area contributed by atoms with Crippen LogP contribution in [0.4, 0.5) is 26.3 Å². The van der Waals surface area contributed by atoms with Gasteiger partial charge in [0.05, 0.1) is 0 Å². The van der Waals surface area contributed by atoms with Gasteiger partial charge in [0, 0.05) is 0 Å². The highest BCUT2D eigenvalue weighted by Crippen LogP contribution is 2.40. The fourth-order valence-corrected chi connectivity index (χ4v) is 0.607. The highest BCUT2D eigenvalue weighted by molar-refractivity contribution is 8.10. The van der Waals surface area contributed by atoms with Gasteiger partial charge in [0.15, 0.2) is 0 Å². The van der Waals surface area contributed by atoms with Crippen LogP contribution >= 0.6 is 24.8 Å². The van der Waals surface area contributed by atoms with E-state index in [4.69, 9.17) is 0 Å². The highest BCUT2D eigenvalue weighted by Gasteiger charge is 2.66. The molecule has 0 aliphatic rings. The third-order valence-corrected chi connectivity index (χ3v) is 1.08. The van der Waals surface area contributed by atoms with Crippen LogP contribution in [0, 0.1) is 0 Å². The summed E-state index contributed by atoms with van der Waals surface area (Å²) in [5.74, 6) is -5.09. The summed E-state index contributed by atoms with van der Waals surface area (Å²) in [6, 6.07) is 0. The van der Waals surface area contributed by atoms with Crippen LogP contribution in [-0.4, -0.2) is 22.8 Å². The van der Waals surface area contributed by atoms with E-state index in [0.29, 0.717) is 0 Å². The number of thiocarbonyl (C=S) groups is 1. The third kappa shape index (κ3) is 2.90. The molecule has 78 valence electrons. The zero-order valence-corrected chi connectivity index (χ0v) is 7.32. The van der Waals surface area contributed by atoms with Crippen molar-refractivity contribution in [3.8, 4) is 0 Å². The Hall–Kier alpha value is -0.180. The maximum Gasteiger partial charge on any atom is 0.466 e. The van der Waals surface area contributed by atoms with Crippen molar-refractivity contribution < 1.29 is 31.1 Å². The van der Waals surface area contributed by atoms with Crippen molar-refractivity contribution in [2.45, 2.75) is 18.5 Å².